The normalized spacial score (nSPS) is 16.5. The van der Waals surface area contributed by atoms with Crippen LogP contribution in [0.1, 0.15) is 22.3 Å². The zero-order valence-electron chi connectivity index (χ0n) is 16.9. The Kier molecular flexibility index (Phi) is 4.74. The van der Waals surface area contributed by atoms with E-state index in [0.717, 1.165) is 22.2 Å². The Hall–Kier alpha value is -3.35. The summed E-state index contributed by atoms with van der Waals surface area (Å²) in [5, 5.41) is 0. The number of hydrogen-bond donors (Lipinski definition) is 0. The number of amides is 1. The Labute approximate surface area is 168 Å². The average molecular weight is 393 g/mol. The molecule has 1 saturated heterocycles. The first-order valence-corrected chi connectivity index (χ1v) is 9.44. The van der Waals surface area contributed by atoms with E-state index in [9.17, 15) is 9.59 Å². The highest BCUT2D eigenvalue weighted by Crippen LogP contribution is 2.36. The van der Waals surface area contributed by atoms with Gasteiger partial charge in [-0.15, -0.1) is 0 Å². The summed E-state index contributed by atoms with van der Waals surface area (Å²) in [5.74, 6) is 0.487. The molecule has 29 heavy (non-hydrogen) atoms. The fraction of sp³-hybridized carbons (Fsp3) is 0.318. The molecule has 2 heterocycles. The Morgan fingerprint density at radius 3 is 2.59 bits per heavy atom. The van der Waals surface area contributed by atoms with Gasteiger partial charge in [-0.05, 0) is 49.2 Å². The maximum Gasteiger partial charge on any atom is 0.237 e. The fourth-order valence-electron chi connectivity index (χ4n) is 3.75. The summed E-state index contributed by atoms with van der Waals surface area (Å²) in [4.78, 5) is 31.9. The molecular formula is C22H23N3O4. The van der Waals surface area contributed by atoms with Gasteiger partial charge in [-0.3, -0.25) is 14.2 Å². The number of nitrogens with zero attached hydrogens (tertiary/aromatic N) is 3. The number of imidazole rings is 1. The highest BCUT2D eigenvalue weighted by molar-refractivity contribution is 6.03. The molecule has 1 amide bonds. The molecule has 0 aliphatic carbocycles. The summed E-state index contributed by atoms with van der Waals surface area (Å²) >= 11 is 0. The number of rotatable bonds is 4. The Bertz CT molecular complexity index is 1120. The van der Waals surface area contributed by atoms with Crippen LogP contribution in [0.2, 0.25) is 0 Å². The number of aryl methyl sites for hydroxylation is 2. The molecule has 0 N–H and O–H groups in total. The second-order valence-electron chi connectivity index (χ2n) is 7.32. The van der Waals surface area contributed by atoms with E-state index in [4.69, 9.17) is 9.47 Å². The van der Waals surface area contributed by atoms with Crippen LogP contribution in [0.15, 0.2) is 36.7 Å². The molecule has 3 aromatic rings. The molecule has 4 rings (SSSR count). The maximum atomic E-state index is 13.2. The molecule has 0 saturated carbocycles. The molecule has 150 valence electrons. The summed E-state index contributed by atoms with van der Waals surface area (Å²) in [6, 6.07) is 9.22. The van der Waals surface area contributed by atoms with E-state index >= 15 is 0 Å². The van der Waals surface area contributed by atoms with Crippen molar-refractivity contribution < 1.29 is 19.1 Å². The van der Waals surface area contributed by atoms with Crippen LogP contribution in [-0.2, 0) is 4.79 Å². The van der Waals surface area contributed by atoms with Gasteiger partial charge in [-0.2, -0.15) is 0 Å². The van der Waals surface area contributed by atoms with Crippen LogP contribution in [0.3, 0.4) is 0 Å². The van der Waals surface area contributed by atoms with E-state index in [0.29, 0.717) is 23.7 Å². The molecule has 1 aromatic heterocycles. The number of methoxy groups -OCH3 is 2. The molecule has 1 aliphatic heterocycles. The Balaban J connectivity index is 1.63. The van der Waals surface area contributed by atoms with Crippen molar-refractivity contribution in [2.24, 2.45) is 5.92 Å². The quantitative estimate of drug-likeness (QED) is 0.680. The van der Waals surface area contributed by atoms with Crippen molar-refractivity contribution >= 4 is 28.5 Å². The first kappa shape index (κ1) is 19.0. The molecule has 0 radical (unpaired) electrons. The summed E-state index contributed by atoms with van der Waals surface area (Å²) in [6.45, 7) is 4.32. The number of carbonyl (C=O) groups excluding carboxylic acids is 2. The number of hydrogen-bond acceptors (Lipinski definition) is 5. The largest absolute Gasteiger partial charge is 0.497 e. The van der Waals surface area contributed by atoms with Crippen LogP contribution in [-0.4, -0.2) is 42.1 Å². The number of carbonyl (C=O) groups is 2. The summed E-state index contributed by atoms with van der Waals surface area (Å²) in [5.41, 5.74) is 4.41. The van der Waals surface area contributed by atoms with Gasteiger partial charge in [0.15, 0.2) is 0 Å². The zero-order valence-corrected chi connectivity index (χ0v) is 16.9. The molecule has 0 unspecified atom stereocenters. The Morgan fingerprint density at radius 2 is 1.86 bits per heavy atom. The molecule has 1 fully saturated rings. The van der Waals surface area contributed by atoms with Crippen molar-refractivity contribution in [2.75, 3.05) is 25.7 Å². The lowest BCUT2D eigenvalue weighted by Gasteiger charge is -2.20. The summed E-state index contributed by atoms with van der Waals surface area (Å²) in [7, 11) is 3.12. The second-order valence-corrected chi connectivity index (χ2v) is 7.32. The summed E-state index contributed by atoms with van der Waals surface area (Å²) in [6.07, 6.45) is 1.70. The molecule has 1 atom stereocenters. The van der Waals surface area contributed by atoms with Crippen molar-refractivity contribution in [3.05, 3.63) is 47.8 Å². The highest BCUT2D eigenvalue weighted by atomic mass is 16.5. The van der Waals surface area contributed by atoms with Crippen molar-refractivity contribution in [3.8, 4) is 11.5 Å². The van der Waals surface area contributed by atoms with Crippen LogP contribution in [0.5, 0.6) is 11.5 Å². The third-order valence-electron chi connectivity index (χ3n) is 5.55. The first-order chi connectivity index (χ1) is 13.9. The first-order valence-electron chi connectivity index (χ1n) is 9.44. The van der Waals surface area contributed by atoms with Gasteiger partial charge in [0.25, 0.3) is 0 Å². The van der Waals surface area contributed by atoms with Gasteiger partial charge in [0.05, 0.1) is 36.9 Å². The van der Waals surface area contributed by atoms with Crippen LogP contribution < -0.4 is 14.4 Å². The third-order valence-corrected chi connectivity index (χ3v) is 5.55. The minimum atomic E-state index is -0.451. The van der Waals surface area contributed by atoms with E-state index in [2.05, 4.69) is 4.98 Å². The molecule has 7 heteroatoms. The van der Waals surface area contributed by atoms with Gasteiger partial charge < -0.3 is 14.4 Å². The number of ether oxygens (including phenoxy) is 2. The number of fused-ring (bicyclic) bond motifs is 1. The van der Waals surface area contributed by atoms with Crippen LogP contribution in [0.4, 0.5) is 5.69 Å². The lowest BCUT2D eigenvalue weighted by Crippen LogP contribution is -2.27. The number of anilines is 1. The number of aromatic nitrogens is 2. The zero-order chi connectivity index (χ0) is 20.7. The lowest BCUT2D eigenvalue weighted by molar-refractivity contribution is -0.117. The minimum absolute atomic E-state index is 0.108. The predicted molar refractivity (Wildman–Crippen MR) is 110 cm³/mol. The standard InChI is InChI=1S/C22H23N3O4/c1-13-7-17-19(8-14(13)2)25(12-23-17)22(27)15-9-21(26)24(11-15)18-6-5-16(28-3)10-20(18)29-4/h5-8,10,12,15H,9,11H2,1-4H3/t15-/m0/s1. The minimum Gasteiger partial charge on any atom is -0.497 e. The second kappa shape index (κ2) is 7.24. The van der Waals surface area contributed by atoms with Crippen molar-refractivity contribution in [1.82, 2.24) is 9.55 Å². The predicted octanol–water partition coefficient (Wildman–Crippen LogP) is 3.36. The lowest BCUT2D eigenvalue weighted by atomic mass is 10.1. The van der Waals surface area contributed by atoms with Gasteiger partial charge in [0.1, 0.15) is 17.8 Å². The van der Waals surface area contributed by atoms with Gasteiger partial charge >= 0.3 is 0 Å². The van der Waals surface area contributed by atoms with E-state index in [1.807, 2.05) is 26.0 Å². The van der Waals surface area contributed by atoms with Crippen LogP contribution in [0.25, 0.3) is 11.0 Å². The van der Waals surface area contributed by atoms with Crippen molar-refractivity contribution in [3.63, 3.8) is 0 Å². The van der Waals surface area contributed by atoms with Crippen LogP contribution >= 0.6 is 0 Å². The van der Waals surface area contributed by atoms with Gasteiger partial charge in [-0.25, -0.2) is 4.98 Å². The SMILES string of the molecule is COc1ccc(N2C[C@@H](C(=O)n3cnc4cc(C)c(C)cc43)CC2=O)c(OC)c1. The van der Waals surface area contributed by atoms with E-state index in [1.54, 1.807) is 48.2 Å². The molecular weight excluding hydrogens is 370 g/mol. The number of benzene rings is 2. The average Bonchev–Trinajstić information content (AvgIpc) is 3.30. The highest BCUT2D eigenvalue weighted by Gasteiger charge is 2.37. The Morgan fingerprint density at radius 1 is 1.10 bits per heavy atom. The molecule has 0 spiro atoms. The fourth-order valence-corrected chi connectivity index (χ4v) is 3.75. The third kappa shape index (κ3) is 3.22. The van der Waals surface area contributed by atoms with E-state index < -0.39 is 5.92 Å². The van der Waals surface area contributed by atoms with E-state index in [-0.39, 0.29) is 18.2 Å². The molecule has 7 nitrogen and oxygen atoms in total. The van der Waals surface area contributed by atoms with Crippen molar-refractivity contribution in [2.45, 2.75) is 20.3 Å². The van der Waals surface area contributed by atoms with Gasteiger partial charge in [0.2, 0.25) is 11.8 Å². The molecule has 0 bridgehead atoms. The van der Waals surface area contributed by atoms with Gasteiger partial charge in [-0.1, -0.05) is 0 Å². The topological polar surface area (TPSA) is 73.7 Å². The van der Waals surface area contributed by atoms with E-state index in [1.165, 1.54) is 0 Å². The van der Waals surface area contributed by atoms with Gasteiger partial charge in [0, 0.05) is 19.0 Å². The summed E-state index contributed by atoms with van der Waals surface area (Å²) < 4.78 is 12.2. The maximum absolute atomic E-state index is 13.2. The monoisotopic (exact) mass is 393 g/mol. The van der Waals surface area contributed by atoms with Crippen LogP contribution in [0, 0.1) is 19.8 Å². The molecule has 2 aromatic carbocycles. The smallest absolute Gasteiger partial charge is 0.237 e. The van der Waals surface area contributed by atoms with Crippen molar-refractivity contribution in [1.29, 1.82) is 0 Å². The molecule has 1 aliphatic rings.